The minimum Gasteiger partial charge on any atom is -0.467 e. The highest BCUT2D eigenvalue weighted by atomic mass is 32.2. The lowest BCUT2D eigenvalue weighted by Gasteiger charge is -2.11. The van der Waals surface area contributed by atoms with Crippen molar-refractivity contribution >= 4 is 21.6 Å². The molecule has 25 heavy (non-hydrogen) atoms. The highest BCUT2D eigenvalue weighted by Crippen LogP contribution is 2.17. The van der Waals surface area contributed by atoms with E-state index >= 15 is 0 Å². The second-order valence-electron chi connectivity index (χ2n) is 5.89. The van der Waals surface area contributed by atoms with Gasteiger partial charge in [-0.25, -0.2) is 13.1 Å². The third-order valence-electron chi connectivity index (χ3n) is 3.54. The van der Waals surface area contributed by atoms with Crippen LogP contribution in [0, 0.1) is 5.92 Å². The lowest BCUT2D eigenvalue weighted by atomic mass is 10.2. The third kappa shape index (κ3) is 5.42. The number of aliphatic hydroxyl groups is 1. The maximum Gasteiger partial charge on any atom is 0.240 e. The van der Waals surface area contributed by atoms with Gasteiger partial charge in [0.25, 0.3) is 0 Å². The van der Waals surface area contributed by atoms with Gasteiger partial charge in [0, 0.05) is 18.2 Å². The first kappa shape index (κ1) is 19.2. The van der Waals surface area contributed by atoms with Crippen molar-refractivity contribution in [2.45, 2.75) is 31.3 Å². The van der Waals surface area contributed by atoms with Crippen LogP contribution in [-0.4, -0.2) is 26.0 Å². The van der Waals surface area contributed by atoms with E-state index < -0.39 is 16.1 Å². The van der Waals surface area contributed by atoms with Crippen LogP contribution in [0.1, 0.15) is 32.1 Å². The van der Waals surface area contributed by atoms with Gasteiger partial charge in [-0.1, -0.05) is 13.8 Å². The molecule has 136 valence electrons. The smallest absolute Gasteiger partial charge is 0.240 e. The second-order valence-corrected chi connectivity index (χ2v) is 7.65. The quantitative estimate of drug-likeness (QED) is 0.664. The summed E-state index contributed by atoms with van der Waals surface area (Å²) in [6.45, 7) is 3.61. The average molecular weight is 366 g/mol. The zero-order valence-electron chi connectivity index (χ0n) is 14.1. The van der Waals surface area contributed by atoms with E-state index in [0.29, 0.717) is 11.4 Å². The van der Waals surface area contributed by atoms with E-state index in [4.69, 9.17) is 4.42 Å². The number of aliphatic hydroxyl groups excluding tert-OH is 1. The first-order chi connectivity index (χ1) is 11.8. The number of hydrogen-bond acceptors (Lipinski definition) is 5. The molecule has 7 nitrogen and oxygen atoms in total. The lowest BCUT2D eigenvalue weighted by molar-refractivity contribution is -0.118. The van der Waals surface area contributed by atoms with Crippen molar-refractivity contribution in [2.24, 2.45) is 5.92 Å². The summed E-state index contributed by atoms with van der Waals surface area (Å²) in [5, 5.41) is 12.6. The van der Waals surface area contributed by atoms with Crippen LogP contribution in [0.2, 0.25) is 0 Å². The summed E-state index contributed by atoms with van der Waals surface area (Å²) in [4.78, 5) is 11.7. The molecule has 0 saturated carbocycles. The van der Waals surface area contributed by atoms with Crippen molar-refractivity contribution in [3.63, 3.8) is 0 Å². The average Bonchev–Trinajstić information content (AvgIpc) is 3.09. The molecular formula is C17H22N2O5S. The molecule has 0 spiro atoms. The number of nitrogens with one attached hydrogen (secondary N) is 2. The number of hydrogen-bond donors (Lipinski definition) is 3. The summed E-state index contributed by atoms with van der Waals surface area (Å²) in [6.07, 6.45) is 0.767. The topological polar surface area (TPSA) is 109 Å². The second kappa shape index (κ2) is 8.28. The molecule has 0 radical (unpaired) electrons. The predicted molar refractivity (Wildman–Crippen MR) is 93.4 cm³/mol. The molecule has 1 heterocycles. The fraction of sp³-hybridized carbons (Fsp3) is 0.353. The van der Waals surface area contributed by atoms with Crippen LogP contribution in [0.4, 0.5) is 5.69 Å². The summed E-state index contributed by atoms with van der Waals surface area (Å²) >= 11 is 0. The van der Waals surface area contributed by atoms with Gasteiger partial charge < -0.3 is 14.8 Å². The molecule has 2 rings (SSSR count). The van der Waals surface area contributed by atoms with Gasteiger partial charge in [0.1, 0.15) is 11.9 Å². The van der Waals surface area contributed by atoms with E-state index in [1.807, 2.05) is 0 Å². The number of furan rings is 1. The van der Waals surface area contributed by atoms with E-state index in [1.165, 1.54) is 30.5 Å². The SMILES string of the molecule is CC(C)C(=O)Nc1ccc(S(=O)(=O)NCCC(O)c2ccco2)cc1. The molecule has 1 unspecified atom stereocenters. The molecular weight excluding hydrogens is 344 g/mol. The standard InChI is InChI=1S/C17H22N2O5S/c1-12(2)17(21)19-13-5-7-14(8-6-13)25(22,23)18-10-9-15(20)16-4-3-11-24-16/h3-8,11-12,15,18,20H,9-10H2,1-2H3,(H,19,21). The van der Waals surface area contributed by atoms with Crippen LogP contribution >= 0.6 is 0 Å². The molecule has 2 aromatic rings. The number of amides is 1. The van der Waals surface area contributed by atoms with Gasteiger partial charge in [0.05, 0.1) is 11.2 Å². The first-order valence-corrected chi connectivity index (χ1v) is 9.40. The van der Waals surface area contributed by atoms with Crippen molar-refractivity contribution in [1.82, 2.24) is 4.72 Å². The van der Waals surface area contributed by atoms with Gasteiger partial charge >= 0.3 is 0 Å². The van der Waals surface area contributed by atoms with E-state index in [1.54, 1.807) is 26.0 Å². The number of carbonyl (C=O) groups is 1. The molecule has 0 aliphatic heterocycles. The number of carbonyl (C=O) groups excluding carboxylic acids is 1. The van der Waals surface area contributed by atoms with Crippen LogP contribution in [-0.2, 0) is 14.8 Å². The minimum atomic E-state index is -3.69. The van der Waals surface area contributed by atoms with E-state index in [-0.39, 0.29) is 29.7 Å². The summed E-state index contributed by atoms with van der Waals surface area (Å²) in [5.41, 5.74) is 0.533. The molecule has 1 aromatic carbocycles. The Hall–Kier alpha value is -2.16. The maximum absolute atomic E-state index is 12.2. The van der Waals surface area contributed by atoms with Gasteiger partial charge in [-0.15, -0.1) is 0 Å². The molecule has 1 amide bonds. The Kier molecular flexibility index (Phi) is 6.35. The van der Waals surface area contributed by atoms with Gasteiger partial charge in [-0.2, -0.15) is 0 Å². The zero-order valence-corrected chi connectivity index (χ0v) is 14.9. The number of benzene rings is 1. The van der Waals surface area contributed by atoms with Crippen LogP contribution < -0.4 is 10.0 Å². The molecule has 1 aromatic heterocycles. The summed E-state index contributed by atoms with van der Waals surface area (Å²) in [5.74, 6) is 0.0933. The van der Waals surface area contributed by atoms with Crippen LogP contribution in [0.5, 0.6) is 0 Å². The highest BCUT2D eigenvalue weighted by molar-refractivity contribution is 7.89. The van der Waals surface area contributed by atoms with Crippen LogP contribution in [0.25, 0.3) is 0 Å². The molecule has 1 atom stereocenters. The Morgan fingerprint density at radius 2 is 1.88 bits per heavy atom. The lowest BCUT2D eigenvalue weighted by Crippen LogP contribution is -2.26. The maximum atomic E-state index is 12.2. The fourth-order valence-electron chi connectivity index (χ4n) is 2.04. The van der Waals surface area contributed by atoms with Crippen LogP contribution in [0.3, 0.4) is 0 Å². The molecule has 0 saturated heterocycles. The molecule has 3 N–H and O–H groups in total. The van der Waals surface area contributed by atoms with E-state index in [9.17, 15) is 18.3 Å². The Balaban J connectivity index is 1.91. The largest absolute Gasteiger partial charge is 0.467 e. The van der Waals surface area contributed by atoms with Crippen molar-refractivity contribution < 1.29 is 22.7 Å². The van der Waals surface area contributed by atoms with Crippen LogP contribution in [0.15, 0.2) is 52.0 Å². The van der Waals surface area contributed by atoms with Crippen molar-refractivity contribution in [3.05, 3.63) is 48.4 Å². The van der Waals surface area contributed by atoms with Crippen molar-refractivity contribution in [3.8, 4) is 0 Å². The minimum absolute atomic E-state index is 0.0655. The van der Waals surface area contributed by atoms with Gasteiger partial charge in [-0.3, -0.25) is 4.79 Å². The van der Waals surface area contributed by atoms with Crippen molar-refractivity contribution in [2.75, 3.05) is 11.9 Å². The number of anilines is 1. The summed E-state index contributed by atoms with van der Waals surface area (Å²) in [6, 6.07) is 9.19. The third-order valence-corrected chi connectivity index (χ3v) is 5.01. The van der Waals surface area contributed by atoms with E-state index in [0.717, 1.165) is 0 Å². The first-order valence-electron chi connectivity index (χ1n) is 7.91. The Morgan fingerprint density at radius 1 is 1.20 bits per heavy atom. The van der Waals surface area contributed by atoms with Gasteiger partial charge in [-0.05, 0) is 42.8 Å². The molecule has 0 bridgehead atoms. The van der Waals surface area contributed by atoms with E-state index in [2.05, 4.69) is 10.0 Å². The Bertz CT molecular complexity index is 783. The fourth-order valence-corrected chi connectivity index (χ4v) is 3.09. The highest BCUT2D eigenvalue weighted by Gasteiger charge is 2.16. The molecule has 0 aliphatic carbocycles. The van der Waals surface area contributed by atoms with Gasteiger partial charge in [0.15, 0.2) is 0 Å². The molecule has 0 fully saturated rings. The Morgan fingerprint density at radius 3 is 2.44 bits per heavy atom. The monoisotopic (exact) mass is 366 g/mol. The molecule has 0 aliphatic rings. The summed E-state index contributed by atoms with van der Waals surface area (Å²) in [7, 11) is -3.69. The van der Waals surface area contributed by atoms with Crippen molar-refractivity contribution in [1.29, 1.82) is 0 Å². The predicted octanol–water partition coefficient (Wildman–Crippen LogP) is 2.28. The number of rotatable bonds is 8. The zero-order chi connectivity index (χ0) is 18.4. The number of sulfonamides is 1. The Labute approximate surface area is 147 Å². The summed E-state index contributed by atoms with van der Waals surface area (Å²) < 4.78 is 32.0. The molecule has 8 heteroatoms. The van der Waals surface area contributed by atoms with Gasteiger partial charge in [0.2, 0.25) is 15.9 Å². The normalized spacial score (nSPS) is 13.0.